The number of carbonyl (C=O) groups is 2. The van der Waals surface area contributed by atoms with Crippen LogP contribution in [0, 0.1) is 18.3 Å². The topological polar surface area (TPSA) is 81.6 Å². The van der Waals surface area contributed by atoms with Gasteiger partial charge in [-0.1, -0.05) is 32.0 Å². The van der Waals surface area contributed by atoms with Crippen molar-refractivity contribution in [2.45, 2.75) is 58.0 Å². The predicted molar refractivity (Wildman–Crippen MR) is 176 cm³/mol. The second-order valence-corrected chi connectivity index (χ2v) is 14.1. The molecule has 1 saturated heterocycles. The smallest absolute Gasteiger partial charge is 0.250 e. The van der Waals surface area contributed by atoms with Gasteiger partial charge in [0.25, 0.3) is 0 Å². The number of para-hydroxylation sites is 1. The molecule has 2 fully saturated rings. The number of fused-ring (bicyclic) bond motifs is 1. The number of hydrogen-bond donors (Lipinski definition) is 2. The van der Waals surface area contributed by atoms with Crippen molar-refractivity contribution in [3.63, 3.8) is 0 Å². The molecule has 1 saturated carbocycles. The van der Waals surface area contributed by atoms with E-state index in [1.807, 2.05) is 72.1 Å². The van der Waals surface area contributed by atoms with Gasteiger partial charge in [0.2, 0.25) is 11.8 Å². The maximum absolute atomic E-state index is 14.5. The lowest BCUT2D eigenvalue weighted by Gasteiger charge is -2.44. The molecule has 2 N–H and O–H groups in total. The van der Waals surface area contributed by atoms with E-state index in [2.05, 4.69) is 55.3 Å². The van der Waals surface area contributed by atoms with Crippen LogP contribution in [0.3, 0.4) is 0 Å². The third-order valence-corrected chi connectivity index (χ3v) is 10.8. The fourth-order valence-corrected chi connectivity index (χ4v) is 8.32. The number of carbonyl (C=O) groups excluding carboxylic acids is 2. The number of hydrogen-bond acceptors (Lipinski definition) is 5. The Labute approximate surface area is 258 Å². The van der Waals surface area contributed by atoms with Crippen LogP contribution in [0.1, 0.15) is 56.0 Å². The third-order valence-electron chi connectivity index (χ3n) is 9.80. The molecule has 3 heterocycles. The zero-order valence-electron chi connectivity index (χ0n) is 25.8. The average molecular weight is 599 g/mol. The van der Waals surface area contributed by atoms with Crippen LogP contribution in [-0.2, 0) is 16.1 Å². The zero-order valence-corrected chi connectivity index (χ0v) is 26.6. The molecule has 6 rings (SSSR count). The lowest BCUT2D eigenvalue weighted by molar-refractivity contribution is -0.148. The van der Waals surface area contributed by atoms with Gasteiger partial charge in [-0.25, -0.2) is 0 Å². The lowest BCUT2D eigenvalue weighted by atomic mass is 9.87. The molecule has 43 heavy (non-hydrogen) atoms. The summed E-state index contributed by atoms with van der Waals surface area (Å²) >= 11 is 1.84. The van der Waals surface area contributed by atoms with E-state index in [4.69, 9.17) is 4.42 Å². The van der Waals surface area contributed by atoms with E-state index in [-0.39, 0.29) is 35.6 Å². The Balaban J connectivity index is 1.30. The van der Waals surface area contributed by atoms with E-state index >= 15 is 0 Å². The summed E-state index contributed by atoms with van der Waals surface area (Å²) in [7, 11) is 3.98. The highest BCUT2D eigenvalue weighted by Gasteiger charge is 2.60. The Bertz CT molecular complexity index is 1600. The number of rotatable bonds is 9. The number of thioether (sulfide) groups is 1. The minimum absolute atomic E-state index is 0.0134. The number of benzene rings is 2. The van der Waals surface area contributed by atoms with Crippen molar-refractivity contribution in [1.82, 2.24) is 9.88 Å². The molecule has 1 aliphatic heterocycles. The molecule has 0 unspecified atom stereocenters. The van der Waals surface area contributed by atoms with E-state index in [9.17, 15) is 9.59 Å². The summed E-state index contributed by atoms with van der Waals surface area (Å²) in [4.78, 5) is 36.3. The SMILES string of the molecule is Cc1[nH]c2ccccc2c1[C@@H]1[C@@H](CC(=O)N(Cc2ccco2)C2(C(=O)Nc3ccc(N(C)C)cc3)CCSCC2)C1(C)C. The van der Waals surface area contributed by atoms with E-state index in [1.165, 1.54) is 16.6 Å². The van der Waals surface area contributed by atoms with Gasteiger partial charge in [-0.2, -0.15) is 11.8 Å². The molecule has 2 atom stereocenters. The molecule has 2 aromatic heterocycles. The Hall–Kier alpha value is -3.65. The van der Waals surface area contributed by atoms with E-state index in [0.29, 0.717) is 25.0 Å². The molecule has 2 aliphatic rings. The molecule has 1 aliphatic carbocycles. The van der Waals surface area contributed by atoms with Gasteiger partial charge in [-0.3, -0.25) is 9.59 Å². The van der Waals surface area contributed by atoms with Crippen LogP contribution in [0.15, 0.2) is 71.3 Å². The van der Waals surface area contributed by atoms with E-state index in [0.717, 1.165) is 28.4 Å². The van der Waals surface area contributed by atoms with Gasteiger partial charge in [-0.15, -0.1) is 0 Å². The van der Waals surface area contributed by atoms with Crippen LogP contribution in [0.2, 0.25) is 0 Å². The number of nitrogens with zero attached hydrogens (tertiary/aromatic N) is 2. The number of H-pyrrole nitrogens is 1. The van der Waals surface area contributed by atoms with E-state index < -0.39 is 5.54 Å². The van der Waals surface area contributed by atoms with Gasteiger partial charge < -0.3 is 24.5 Å². The van der Waals surface area contributed by atoms with Gasteiger partial charge in [0.15, 0.2) is 0 Å². The molecule has 226 valence electrons. The quantitative estimate of drug-likeness (QED) is 0.213. The summed E-state index contributed by atoms with van der Waals surface area (Å²) in [6.45, 7) is 6.94. The molecular formula is C35H42N4O3S. The summed E-state index contributed by atoms with van der Waals surface area (Å²) in [6.07, 6.45) is 3.22. The van der Waals surface area contributed by atoms with Crippen LogP contribution in [0.4, 0.5) is 11.4 Å². The highest BCUT2D eigenvalue weighted by atomic mass is 32.2. The van der Waals surface area contributed by atoms with Gasteiger partial charge in [-0.05, 0) is 96.5 Å². The zero-order chi connectivity index (χ0) is 30.4. The maximum atomic E-state index is 14.5. The standard InChI is InChI=1S/C35H42N4O3S/c1-23-31(27-10-6-7-11-29(27)36-23)32-28(34(32,2)3)21-30(40)39(22-26-9-8-18-42-26)35(16-19-43-20-17-35)33(41)37-24-12-14-25(15-13-24)38(4)5/h6-15,18,28,32,36H,16-17,19-22H2,1-5H3,(H,37,41)/t28-,32+/m1/s1. The Morgan fingerprint density at radius 3 is 2.42 bits per heavy atom. The largest absolute Gasteiger partial charge is 0.467 e. The monoisotopic (exact) mass is 598 g/mol. The second-order valence-electron chi connectivity index (χ2n) is 12.9. The normalized spacial score (nSPS) is 20.5. The summed E-state index contributed by atoms with van der Waals surface area (Å²) in [5.74, 6) is 2.66. The summed E-state index contributed by atoms with van der Waals surface area (Å²) in [5.41, 5.74) is 4.42. The van der Waals surface area contributed by atoms with Gasteiger partial charge in [0.05, 0.1) is 12.8 Å². The highest BCUT2D eigenvalue weighted by molar-refractivity contribution is 7.99. The molecule has 2 amide bonds. The number of aromatic amines is 1. The number of aromatic nitrogens is 1. The number of aryl methyl sites for hydroxylation is 1. The first-order chi connectivity index (χ1) is 20.6. The van der Waals surface area contributed by atoms with Crippen molar-refractivity contribution in [2.75, 3.05) is 35.8 Å². The molecule has 0 bridgehead atoms. The first-order valence-corrected chi connectivity index (χ1v) is 16.3. The average Bonchev–Trinajstić information content (AvgIpc) is 3.36. The Morgan fingerprint density at radius 1 is 1.02 bits per heavy atom. The summed E-state index contributed by atoms with van der Waals surface area (Å²) in [5, 5.41) is 4.42. The fourth-order valence-electron chi connectivity index (χ4n) is 7.15. The fraction of sp³-hybridized carbons (Fsp3) is 0.429. The predicted octanol–water partition coefficient (Wildman–Crippen LogP) is 7.20. The Kier molecular flexibility index (Phi) is 7.84. The van der Waals surface area contributed by atoms with Crippen molar-refractivity contribution in [3.05, 3.63) is 83.9 Å². The minimum Gasteiger partial charge on any atom is -0.467 e. The molecule has 4 aromatic rings. The summed E-state index contributed by atoms with van der Waals surface area (Å²) < 4.78 is 5.75. The first-order valence-electron chi connectivity index (χ1n) is 15.2. The third kappa shape index (κ3) is 5.46. The van der Waals surface area contributed by atoms with Crippen LogP contribution < -0.4 is 10.2 Å². The van der Waals surface area contributed by atoms with Crippen molar-refractivity contribution >= 4 is 45.9 Å². The molecule has 0 spiro atoms. The van der Waals surface area contributed by atoms with Crippen molar-refractivity contribution in [2.24, 2.45) is 11.3 Å². The number of anilines is 2. The van der Waals surface area contributed by atoms with Crippen LogP contribution >= 0.6 is 11.8 Å². The van der Waals surface area contributed by atoms with Crippen LogP contribution in [0.5, 0.6) is 0 Å². The first kappa shape index (κ1) is 29.4. The minimum atomic E-state index is -0.958. The molecule has 7 nitrogen and oxygen atoms in total. The van der Waals surface area contributed by atoms with Crippen molar-refractivity contribution in [3.8, 4) is 0 Å². The highest BCUT2D eigenvalue weighted by Crippen LogP contribution is 2.67. The number of nitrogens with one attached hydrogen (secondary N) is 2. The number of amides is 2. The molecule has 0 radical (unpaired) electrons. The Morgan fingerprint density at radius 2 is 1.74 bits per heavy atom. The second kappa shape index (κ2) is 11.5. The molecule has 2 aromatic carbocycles. The molecular weight excluding hydrogens is 556 g/mol. The van der Waals surface area contributed by atoms with Gasteiger partial charge in [0.1, 0.15) is 11.3 Å². The van der Waals surface area contributed by atoms with E-state index in [1.54, 1.807) is 6.26 Å². The van der Waals surface area contributed by atoms with Crippen molar-refractivity contribution < 1.29 is 14.0 Å². The maximum Gasteiger partial charge on any atom is 0.250 e. The van der Waals surface area contributed by atoms with Crippen LogP contribution in [0.25, 0.3) is 10.9 Å². The van der Waals surface area contributed by atoms with Crippen LogP contribution in [-0.4, -0.2) is 52.8 Å². The number of furan rings is 1. The molecule has 8 heteroatoms. The summed E-state index contributed by atoms with van der Waals surface area (Å²) in [6, 6.07) is 20.0. The van der Waals surface area contributed by atoms with Crippen molar-refractivity contribution in [1.29, 1.82) is 0 Å². The lowest BCUT2D eigenvalue weighted by Crippen LogP contribution is -2.60. The van der Waals surface area contributed by atoms with Gasteiger partial charge in [0, 0.05) is 48.5 Å². The van der Waals surface area contributed by atoms with Gasteiger partial charge >= 0.3 is 0 Å².